The number of aliphatic carboxylic acids is 3. The van der Waals surface area contributed by atoms with Crippen LogP contribution in [0.1, 0.15) is 12.8 Å². The molecule has 1 N–H and O–H groups in total. The first-order valence-electron chi connectivity index (χ1n) is 3.11. The van der Waals surface area contributed by atoms with Gasteiger partial charge in [0.1, 0.15) is 5.60 Å². The molecule has 0 unspecified atom stereocenters. The summed E-state index contributed by atoms with van der Waals surface area (Å²) in [6.07, 6.45) is -2.72. The van der Waals surface area contributed by atoms with Gasteiger partial charge in [0.05, 0.1) is 5.97 Å². The van der Waals surface area contributed by atoms with Gasteiger partial charge in [0.25, 0.3) is 0 Å². The Bertz CT molecular complexity index is 244. The minimum Gasteiger partial charge on any atom is -0.550 e. The van der Waals surface area contributed by atoms with E-state index < -0.39 is 36.4 Å². The van der Waals surface area contributed by atoms with Crippen LogP contribution in [0.25, 0.3) is 0 Å². The largest absolute Gasteiger partial charge is 1.00 e. The van der Waals surface area contributed by atoms with E-state index in [9.17, 15) is 29.7 Å². The van der Waals surface area contributed by atoms with Crippen LogP contribution in [0.15, 0.2) is 0 Å². The number of hydrogen-bond donors (Lipinski definition) is 1. The van der Waals surface area contributed by atoms with Gasteiger partial charge in [-0.05, 0) is 0 Å². The minimum absolute atomic E-state index is 0. The minimum atomic E-state index is -2.97. The number of carbonyl (C=O) groups is 3. The quantitative estimate of drug-likeness (QED) is 0.497. The van der Waals surface area contributed by atoms with Crippen molar-refractivity contribution in [1.82, 2.24) is 0 Å². The molecule has 0 fully saturated rings. The molecule has 0 radical (unpaired) electrons. The molecule has 11 heteroatoms. The monoisotopic (exact) mass is 297 g/mol. The second-order valence-electron chi connectivity index (χ2n) is 2.42. The number of hydrogen-bond acceptors (Lipinski definition) is 7. The van der Waals surface area contributed by atoms with E-state index in [2.05, 4.69) is 0 Å². The molecule has 0 aliphatic carbocycles. The molecule has 0 aromatic carbocycles. The first kappa shape index (κ1) is 32.1. The molecule has 17 heavy (non-hydrogen) atoms. The third-order valence-corrected chi connectivity index (χ3v) is 1.25. The predicted molar refractivity (Wildman–Crippen MR) is 29.2 cm³/mol. The summed E-state index contributed by atoms with van der Waals surface area (Å²) < 4.78 is 0. The summed E-state index contributed by atoms with van der Waals surface area (Å²) in [4.78, 5) is 30.0. The molecular formula is C6H5KNa3O7+. The zero-order valence-corrected chi connectivity index (χ0v) is 19.4. The van der Waals surface area contributed by atoms with Crippen molar-refractivity contribution in [2.24, 2.45) is 0 Å². The molecule has 0 atom stereocenters. The van der Waals surface area contributed by atoms with Gasteiger partial charge in [-0.2, -0.15) is 0 Å². The van der Waals surface area contributed by atoms with Gasteiger partial charge in [-0.15, -0.1) is 0 Å². The van der Waals surface area contributed by atoms with Gasteiger partial charge in [0, 0.05) is 24.8 Å². The number of carboxylic acid groups (broad SMARTS) is 3. The van der Waals surface area contributed by atoms with Gasteiger partial charge in [0.15, 0.2) is 0 Å². The van der Waals surface area contributed by atoms with Gasteiger partial charge in [-0.25, -0.2) is 0 Å². The fraction of sp³-hybridized carbons (Fsp3) is 0.500. The van der Waals surface area contributed by atoms with Crippen LogP contribution in [0.4, 0.5) is 0 Å². The normalized spacial score (nSPS) is 8.29. The maximum Gasteiger partial charge on any atom is 1.00 e. The van der Waals surface area contributed by atoms with Crippen molar-refractivity contribution in [3.63, 3.8) is 0 Å². The Kier molecular flexibility index (Phi) is 29.1. The maximum absolute atomic E-state index is 10.1. The van der Waals surface area contributed by atoms with E-state index in [0.717, 1.165) is 0 Å². The molecule has 0 amide bonds. The average molecular weight is 297 g/mol. The van der Waals surface area contributed by atoms with Gasteiger partial charge in [-0.1, -0.05) is 0 Å². The molecule has 0 aliphatic rings. The topological polar surface area (TPSA) is 141 Å². The SMILES string of the molecule is O=C([O-])CC(O)(CC(=O)[O-])C(=O)[O-].[K+].[Na+].[Na+].[Na+]. The van der Waals surface area contributed by atoms with E-state index in [1.165, 1.54) is 0 Å². The maximum atomic E-state index is 10.1. The zero-order chi connectivity index (χ0) is 10.6. The van der Waals surface area contributed by atoms with Crippen molar-refractivity contribution >= 4 is 17.9 Å². The molecule has 0 aromatic rings. The Morgan fingerprint density at radius 1 is 0.882 bits per heavy atom. The molecule has 0 saturated carbocycles. The van der Waals surface area contributed by atoms with Crippen LogP contribution < -0.4 is 155 Å². The third-order valence-electron chi connectivity index (χ3n) is 1.25. The molecular weight excluding hydrogens is 292 g/mol. The van der Waals surface area contributed by atoms with Crippen molar-refractivity contribution in [3.05, 3.63) is 0 Å². The van der Waals surface area contributed by atoms with E-state index in [0.29, 0.717) is 0 Å². The molecule has 0 aliphatic heterocycles. The summed E-state index contributed by atoms with van der Waals surface area (Å²) in [6.45, 7) is 0. The van der Waals surface area contributed by atoms with Crippen molar-refractivity contribution < 1.29 is 175 Å². The molecule has 0 rings (SSSR count). The van der Waals surface area contributed by atoms with Crippen LogP contribution in [0.5, 0.6) is 0 Å². The molecule has 0 aromatic heterocycles. The summed E-state index contributed by atoms with van der Waals surface area (Å²) in [5.74, 6) is -5.98. The Morgan fingerprint density at radius 2 is 1.12 bits per heavy atom. The first-order chi connectivity index (χ1) is 5.78. The second-order valence-corrected chi connectivity index (χ2v) is 2.42. The van der Waals surface area contributed by atoms with Crippen molar-refractivity contribution in [2.45, 2.75) is 18.4 Å². The Balaban J connectivity index is -0.000000120. The van der Waals surface area contributed by atoms with Crippen molar-refractivity contribution in [1.29, 1.82) is 0 Å². The van der Waals surface area contributed by atoms with Crippen LogP contribution >= 0.6 is 0 Å². The van der Waals surface area contributed by atoms with Crippen LogP contribution in [-0.2, 0) is 14.4 Å². The standard InChI is InChI=1S/C6H8O7.K.3Na/c7-3(8)1-6(13,5(11)12)2-4(9)10;;;;/h13H,1-2H2,(H,7,8)(H,9,10)(H,11,12);;;;/q;4*+1/p-3. The summed E-state index contributed by atoms with van der Waals surface area (Å²) in [7, 11) is 0. The smallest absolute Gasteiger partial charge is 0.550 e. The number of rotatable bonds is 5. The predicted octanol–water partition coefficient (Wildman–Crippen LogP) is -17.2. The van der Waals surface area contributed by atoms with Gasteiger partial charge < -0.3 is 34.8 Å². The van der Waals surface area contributed by atoms with Gasteiger partial charge in [-0.3, -0.25) is 0 Å². The molecule has 7 nitrogen and oxygen atoms in total. The number of aliphatic hydroxyl groups is 1. The number of carboxylic acids is 3. The van der Waals surface area contributed by atoms with Crippen molar-refractivity contribution in [2.75, 3.05) is 0 Å². The molecule has 74 valence electrons. The summed E-state index contributed by atoms with van der Waals surface area (Å²) in [5.41, 5.74) is -2.97. The summed E-state index contributed by atoms with van der Waals surface area (Å²) >= 11 is 0. The van der Waals surface area contributed by atoms with Crippen LogP contribution in [0.2, 0.25) is 0 Å². The van der Waals surface area contributed by atoms with Crippen molar-refractivity contribution in [3.8, 4) is 0 Å². The zero-order valence-electron chi connectivity index (χ0n) is 10.3. The second kappa shape index (κ2) is 15.4. The van der Waals surface area contributed by atoms with E-state index in [-0.39, 0.29) is 140 Å². The molecule has 0 spiro atoms. The Hall–Kier alpha value is 3.01. The van der Waals surface area contributed by atoms with Crippen LogP contribution in [0.3, 0.4) is 0 Å². The van der Waals surface area contributed by atoms with Crippen LogP contribution in [0, 0.1) is 0 Å². The van der Waals surface area contributed by atoms with E-state index in [4.69, 9.17) is 5.11 Å². The molecule has 0 saturated heterocycles. The number of carbonyl (C=O) groups excluding carboxylic acids is 3. The molecule has 0 heterocycles. The molecule has 0 bridgehead atoms. The summed E-state index contributed by atoms with van der Waals surface area (Å²) in [6, 6.07) is 0. The fourth-order valence-corrected chi connectivity index (χ4v) is 0.684. The average Bonchev–Trinajstić information content (AvgIpc) is 1.82. The van der Waals surface area contributed by atoms with E-state index in [1.807, 2.05) is 0 Å². The van der Waals surface area contributed by atoms with E-state index in [1.54, 1.807) is 0 Å². The first-order valence-corrected chi connectivity index (χ1v) is 3.11. The fourth-order valence-electron chi connectivity index (χ4n) is 0.684. The van der Waals surface area contributed by atoms with Gasteiger partial charge in [0.2, 0.25) is 0 Å². The van der Waals surface area contributed by atoms with Gasteiger partial charge >= 0.3 is 140 Å². The van der Waals surface area contributed by atoms with E-state index >= 15 is 0 Å². The van der Waals surface area contributed by atoms with Crippen LogP contribution in [-0.4, -0.2) is 28.6 Å². The third kappa shape index (κ3) is 15.2. The Morgan fingerprint density at radius 3 is 1.24 bits per heavy atom. The summed E-state index contributed by atoms with van der Waals surface area (Å²) in [5, 5.41) is 38.9. The Labute approximate surface area is 206 Å².